The SMILES string of the molecule is CC(C)(Nc1nccc(C#N)c1Cl)C(=O)O. The smallest absolute Gasteiger partial charge is 0.328 e. The molecule has 0 amide bonds. The Labute approximate surface area is 97.7 Å². The van der Waals surface area contributed by atoms with Crippen molar-refractivity contribution in [2.24, 2.45) is 0 Å². The van der Waals surface area contributed by atoms with Gasteiger partial charge in [-0.1, -0.05) is 11.6 Å². The second kappa shape index (κ2) is 4.37. The molecule has 0 radical (unpaired) electrons. The van der Waals surface area contributed by atoms with Gasteiger partial charge in [0.05, 0.1) is 5.56 Å². The number of halogens is 1. The van der Waals surface area contributed by atoms with Crippen LogP contribution in [0.25, 0.3) is 0 Å². The molecule has 84 valence electrons. The Morgan fingerprint density at radius 2 is 2.31 bits per heavy atom. The number of nitriles is 1. The van der Waals surface area contributed by atoms with Crippen molar-refractivity contribution < 1.29 is 9.90 Å². The molecule has 16 heavy (non-hydrogen) atoms. The van der Waals surface area contributed by atoms with Gasteiger partial charge < -0.3 is 10.4 Å². The van der Waals surface area contributed by atoms with Crippen molar-refractivity contribution in [1.29, 1.82) is 5.26 Å². The van der Waals surface area contributed by atoms with E-state index in [-0.39, 0.29) is 16.4 Å². The first-order valence-corrected chi connectivity index (χ1v) is 4.82. The summed E-state index contributed by atoms with van der Waals surface area (Å²) in [5, 5.41) is 20.5. The molecular weight excluding hydrogens is 230 g/mol. The number of hydrogen-bond donors (Lipinski definition) is 2. The van der Waals surface area contributed by atoms with Gasteiger partial charge in [0.2, 0.25) is 0 Å². The Morgan fingerprint density at radius 3 is 2.81 bits per heavy atom. The third-order valence-electron chi connectivity index (χ3n) is 1.98. The highest BCUT2D eigenvalue weighted by Crippen LogP contribution is 2.25. The molecule has 0 saturated carbocycles. The summed E-state index contributed by atoms with van der Waals surface area (Å²) >= 11 is 5.88. The van der Waals surface area contributed by atoms with E-state index in [9.17, 15) is 4.79 Å². The molecule has 0 spiro atoms. The molecule has 2 N–H and O–H groups in total. The first kappa shape index (κ1) is 12.3. The minimum atomic E-state index is -1.20. The van der Waals surface area contributed by atoms with Gasteiger partial charge >= 0.3 is 5.97 Å². The number of carboxylic acid groups (broad SMARTS) is 1. The molecule has 0 atom stereocenters. The van der Waals surface area contributed by atoms with Crippen LogP contribution in [0, 0.1) is 11.3 Å². The fourth-order valence-electron chi connectivity index (χ4n) is 0.967. The van der Waals surface area contributed by atoms with Crippen molar-refractivity contribution in [2.45, 2.75) is 19.4 Å². The van der Waals surface area contributed by atoms with Crippen molar-refractivity contribution in [3.8, 4) is 6.07 Å². The van der Waals surface area contributed by atoms with Crippen LogP contribution < -0.4 is 5.32 Å². The Kier molecular flexibility index (Phi) is 3.35. The highest BCUT2D eigenvalue weighted by molar-refractivity contribution is 6.34. The molecule has 1 heterocycles. The zero-order chi connectivity index (χ0) is 12.3. The minimum Gasteiger partial charge on any atom is -0.480 e. The van der Waals surface area contributed by atoms with Crippen molar-refractivity contribution in [3.05, 3.63) is 22.8 Å². The van der Waals surface area contributed by atoms with E-state index in [4.69, 9.17) is 22.0 Å². The molecule has 0 aliphatic heterocycles. The maximum atomic E-state index is 10.9. The Bertz CT molecular complexity index is 466. The molecule has 0 saturated heterocycles. The van der Waals surface area contributed by atoms with Gasteiger partial charge in [-0.3, -0.25) is 0 Å². The monoisotopic (exact) mass is 239 g/mol. The average Bonchev–Trinajstić information content (AvgIpc) is 2.20. The van der Waals surface area contributed by atoms with Crippen LogP contribution in [0.5, 0.6) is 0 Å². The zero-order valence-corrected chi connectivity index (χ0v) is 9.54. The van der Waals surface area contributed by atoms with Crippen LogP contribution in [0.2, 0.25) is 5.02 Å². The number of pyridine rings is 1. The lowest BCUT2D eigenvalue weighted by Crippen LogP contribution is -2.40. The molecule has 6 heteroatoms. The summed E-state index contributed by atoms with van der Waals surface area (Å²) in [6, 6.07) is 3.35. The predicted molar refractivity (Wildman–Crippen MR) is 59.3 cm³/mol. The lowest BCUT2D eigenvalue weighted by molar-refractivity contribution is -0.141. The van der Waals surface area contributed by atoms with Crippen LogP contribution in [0.3, 0.4) is 0 Å². The first-order valence-electron chi connectivity index (χ1n) is 4.44. The second-order valence-electron chi connectivity index (χ2n) is 3.69. The number of nitrogens with zero attached hydrogens (tertiary/aromatic N) is 2. The van der Waals surface area contributed by atoms with E-state index in [1.165, 1.54) is 26.1 Å². The topological polar surface area (TPSA) is 86.0 Å². The molecule has 0 bridgehead atoms. The van der Waals surface area contributed by atoms with Crippen LogP contribution in [0.15, 0.2) is 12.3 Å². The second-order valence-corrected chi connectivity index (χ2v) is 4.07. The van der Waals surface area contributed by atoms with E-state index in [2.05, 4.69) is 10.3 Å². The van der Waals surface area contributed by atoms with Crippen LogP contribution in [0.1, 0.15) is 19.4 Å². The quantitative estimate of drug-likeness (QED) is 0.841. The molecule has 0 aliphatic rings. The van der Waals surface area contributed by atoms with Gasteiger partial charge in [-0.2, -0.15) is 5.26 Å². The van der Waals surface area contributed by atoms with E-state index >= 15 is 0 Å². The van der Waals surface area contributed by atoms with Crippen molar-refractivity contribution in [2.75, 3.05) is 5.32 Å². The Balaban J connectivity index is 3.08. The Morgan fingerprint density at radius 1 is 1.69 bits per heavy atom. The van der Waals surface area contributed by atoms with Gasteiger partial charge in [0.15, 0.2) is 0 Å². The maximum absolute atomic E-state index is 10.9. The average molecular weight is 240 g/mol. The molecule has 5 nitrogen and oxygen atoms in total. The van der Waals surface area contributed by atoms with E-state index in [1.54, 1.807) is 0 Å². The summed E-state index contributed by atoms with van der Waals surface area (Å²) in [4.78, 5) is 14.8. The number of carboxylic acids is 1. The molecule has 1 aromatic rings. The summed E-state index contributed by atoms with van der Waals surface area (Å²) in [5.74, 6) is -0.846. The predicted octanol–water partition coefficient (Wildman–Crippen LogP) is 1.88. The van der Waals surface area contributed by atoms with Crippen LogP contribution >= 0.6 is 11.6 Å². The van der Waals surface area contributed by atoms with Gasteiger partial charge in [0, 0.05) is 6.20 Å². The van der Waals surface area contributed by atoms with E-state index in [0.717, 1.165) is 0 Å². The zero-order valence-electron chi connectivity index (χ0n) is 8.78. The number of nitrogens with one attached hydrogen (secondary N) is 1. The van der Waals surface area contributed by atoms with Crippen LogP contribution in [-0.4, -0.2) is 21.6 Å². The van der Waals surface area contributed by atoms with Gasteiger partial charge in [-0.05, 0) is 19.9 Å². The summed E-state index contributed by atoms with van der Waals surface area (Å²) in [6.45, 7) is 2.96. The number of aromatic nitrogens is 1. The number of aliphatic carboxylic acids is 1. The van der Waals surface area contributed by atoms with Crippen molar-refractivity contribution in [1.82, 2.24) is 4.98 Å². The molecule has 1 aromatic heterocycles. The fraction of sp³-hybridized carbons (Fsp3) is 0.300. The van der Waals surface area contributed by atoms with Gasteiger partial charge in [-0.15, -0.1) is 0 Å². The summed E-state index contributed by atoms with van der Waals surface area (Å²) in [6.07, 6.45) is 1.39. The van der Waals surface area contributed by atoms with E-state index in [1.807, 2.05) is 6.07 Å². The molecule has 0 fully saturated rings. The van der Waals surface area contributed by atoms with Crippen LogP contribution in [0.4, 0.5) is 5.82 Å². The molecule has 0 unspecified atom stereocenters. The highest BCUT2D eigenvalue weighted by atomic mass is 35.5. The van der Waals surface area contributed by atoms with E-state index < -0.39 is 11.5 Å². The fourth-order valence-corrected chi connectivity index (χ4v) is 1.17. The maximum Gasteiger partial charge on any atom is 0.328 e. The Hall–Kier alpha value is -1.80. The molecule has 0 aromatic carbocycles. The highest BCUT2D eigenvalue weighted by Gasteiger charge is 2.28. The van der Waals surface area contributed by atoms with Gasteiger partial charge in [0.25, 0.3) is 0 Å². The van der Waals surface area contributed by atoms with Crippen molar-refractivity contribution in [3.63, 3.8) is 0 Å². The minimum absolute atomic E-state index is 0.124. The number of anilines is 1. The lowest BCUT2D eigenvalue weighted by Gasteiger charge is -2.22. The molecule has 0 aliphatic carbocycles. The standard InChI is InChI=1S/C10H10ClN3O2/c1-10(2,9(15)16)14-8-7(11)6(5-12)3-4-13-8/h3-4H,1-2H3,(H,13,14)(H,15,16). The normalized spacial score (nSPS) is 10.6. The van der Waals surface area contributed by atoms with E-state index in [0.29, 0.717) is 0 Å². The van der Waals surface area contributed by atoms with Crippen molar-refractivity contribution >= 4 is 23.4 Å². The van der Waals surface area contributed by atoms with Gasteiger partial charge in [0.1, 0.15) is 22.4 Å². The molecular formula is C10H10ClN3O2. The number of hydrogen-bond acceptors (Lipinski definition) is 4. The first-order chi connectivity index (χ1) is 7.38. The molecule has 1 rings (SSSR count). The largest absolute Gasteiger partial charge is 0.480 e. The van der Waals surface area contributed by atoms with Crippen LogP contribution in [-0.2, 0) is 4.79 Å². The summed E-state index contributed by atoms with van der Waals surface area (Å²) in [5.41, 5.74) is -0.953. The van der Waals surface area contributed by atoms with Gasteiger partial charge in [-0.25, -0.2) is 9.78 Å². The summed E-state index contributed by atoms with van der Waals surface area (Å²) in [7, 11) is 0. The third kappa shape index (κ3) is 2.41. The third-order valence-corrected chi connectivity index (χ3v) is 2.36. The number of carbonyl (C=O) groups is 1. The summed E-state index contributed by atoms with van der Waals surface area (Å²) < 4.78 is 0. The number of rotatable bonds is 3. The lowest BCUT2D eigenvalue weighted by atomic mass is 10.1.